The normalized spacial score (nSPS) is 11.7. The van der Waals surface area contributed by atoms with Crippen LogP contribution in [0.2, 0.25) is 10.0 Å². The molecular weight excluding hydrogens is 329 g/mol. The third kappa shape index (κ3) is 5.12. The summed E-state index contributed by atoms with van der Waals surface area (Å²) in [6, 6.07) is 13.1. The molecule has 0 fully saturated rings. The van der Waals surface area contributed by atoms with Crippen molar-refractivity contribution < 1.29 is 4.79 Å². The summed E-state index contributed by atoms with van der Waals surface area (Å²) in [5, 5.41) is 3.67. The average molecular weight is 348 g/mol. The van der Waals surface area contributed by atoms with Crippen LogP contribution in [0, 0.1) is 0 Å². The van der Waals surface area contributed by atoms with Crippen LogP contribution in [0.1, 0.15) is 31.9 Å². The molecule has 4 heteroatoms. The number of hydrogen-bond acceptors (Lipinski definition) is 1. The molecule has 2 aromatic carbocycles. The minimum Gasteiger partial charge on any atom is -0.321 e. The molecule has 2 rings (SSSR count). The number of carbonyl (C=O) groups excluding carboxylic acids is 1. The third-order valence-electron chi connectivity index (χ3n) is 3.39. The van der Waals surface area contributed by atoms with Crippen LogP contribution in [0.15, 0.2) is 48.5 Å². The summed E-state index contributed by atoms with van der Waals surface area (Å²) in [5.74, 6) is -0.242. The van der Waals surface area contributed by atoms with Gasteiger partial charge in [-0.1, -0.05) is 68.2 Å². The van der Waals surface area contributed by atoms with Crippen molar-refractivity contribution in [2.45, 2.75) is 26.2 Å². The maximum atomic E-state index is 12.0. The molecule has 2 aromatic rings. The van der Waals surface area contributed by atoms with E-state index in [2.05, 4.69) is 38.2 Å². The summed E-state index contributed by atoms with van der Waals surface area (Å²) >= 11 is 11.9. The number of anilines is 1. The second-order valence-electron chi connectivity index (χ2n) is 6.32. The second-order valence-corrected chi connectivity index (χ2v) is 7.16. The summed E-state index contributed by atoms with van der Waals surface area (Å²) in [4.78, 5) is 12.0. The standard InChI is InChI=1S/C19H19Cl2NO/c1-19(2,3)14-7-4-13(5-8-14)6-11-18(23)22-17-10-9-15(20)12-16(17)21/h4-12H,1-3H3,(H,22,23)/b11-6+. The summed E-state index contributed by atoms with van der Waals surface area (Å²) in [7, 11) is 0. The Morgan fingerprint density at radius 3 is 2.26 bits per heavy atom. The molecule has 0 radical (unpaired) electrons. The van der Waals surface area contributed by atoms with E-state index in [1.807, 2.05) is 12.1 Å². The largest absolute Gasteiger partial charge is 0.321 e. The molecule has 0 atom stereocenters. The van der Waals surface area contributed by atoms with Crippen LogP contribution in [-0.4, -0.2) is 5.91 Å². The highest BCUT2D eigenvalue weighted by Gasteiger charge is 2.12. The van der Waals surface area contributed by atoms with E-state index in [0.717, 1.165) is 5.56 Å². The molecule has 1 N–H and O–H groups in total. The van der Waals surface area contributed by atoms with Crippen LogP contribution in [0.4, 0.5) is 5.69 Å². The maximum absolute atomic E-state index is 12.0. The van der Waals surface area contributed by atoms with Crippen LogP contribution < -0.4 is 5.32 Å². The van der Waals surface area contributed by atoms with Gasteiger partial charge in [0.2, 0.25) is 5.91 Å². The molecule has 2 nitrogen and oxygen atoms in total. The van der Waals surface area contributed by atoms with Gasteiger partial charge >= 0.3 is 0 Å². The zero-order valence-electron chi connectivity index (χ0n) is 13.4. The topological polar surface area (TPSA) is 29.1 Å². The van der Waals surface area contributed by atoms with Crippen molar-refractivity contribution in [2.24, 2.45) is 0 Å². The fraction of sp³-hybridized carbons (Fsp3) is 0.211. The Morgan fingerprint density at radius 1 is 1.04 bits per heavy atom. The fourth-order valence-electron chi connectivity index (χ4n) is 2.03. The van der Waals surface area contributed by atoms with E-state index < -0.39 is 0 Å². The highest BCUT2D eigenvalue weighted by molar-refractivity contribution is 6.36. The Hall–Kier alpha value is -1.77. The van der Waals surface area contributed by atoms with E-state index >= 15 is 0 Å². The van der Waals surface area contributed by atoms with Crippen molar-refractivity contribution in [3.05, 3.63) is 69.7 Å². The second kappa shape index (κ2) is 7.20. The highest BCUT2D eigenvalue weighted by Crippen LogP contribution is 2.25. The summed E-state index contributed by atoms with van der Waals surface area (Å²) in [6.07, 6.45) is 3.25. The molecule has 0 aliphatic rings. The summed E-state index contributed by atoms with van der Waals surface area (Å²) in [5.41, 5.74) is 2.88. The molecule has 0 aromatic heterocycles. The summed E-state index contributed by atoms with van der Waals surface area (Å²) < 4.78 is 0. The Kier molecular flexibility index (Phi) is 5.51. The van der Waals surface area contributed by atoms with Crippen molar-refractivity contribution >= 4 is 40.9 Å². The molecule has 0 saturated heterocycles. The minimum absolute atomic E-state index is 0.116. The van der Waals surface area contributed by atoms with Crippen molar-refractivity contribution in [1.29, 1.82) is 0 Å². The number of benzene rings is 2. The minimum atomic E-state index is -0.242. The molecule has 0 bridgehead atoms. The monoisotopic (exact) mass is 347 g/mol. The van der Waals surface area contributed by atoms with E-state index in [1.165, 1.54) is 11.6 Å². The van der Waals surface area contributed by atoms with Gasteiger partial charge in [-0.15, -0.1) is 0 Å². The van der Waals surface area contributed by atoms with Crippen LogP contribution >= 0.6 is 23.2 Å². The Bertz CT molecular complexity index is 728. The van der Waals surface area contributed by atoms with E-state index in [-0.39, 0.29) is 11.3 Å². The van der Waals surface area contributed by atoms with Gasteiger partial charge in [-0.25, -0.2) is 0 Å². The first kappa shape index (κ1) is 17.6. The average Bonchev–Trinajstić information content (AvgIpc) is 2.47. The van der Waals surface area contributed by atoms with Gasteiger partial charge in [0.1, 0.15) is 0 Å². The van der Waals surface area contributed by atoms with Gasteiger partial charge in [0.25, 0.3) is 0 Å². The van der Waals surface area contributed by atoms with E-state index in [4.69, 9.17) is 23.2 Å². The molecule has 0 aliphatic heterocycles. The third-order valence-corrected chi connectivity index (χ3v) is 3.94. The lowest BCUT2D eigenvalue weighted by Gasteiger charge is -2.18. The predicted octanol–water partition coefficient (Wildman–Crippen LogP) is 5.94. The van der Waals surface area contributed by atoms with E-state index in [9.17, 15) is 4.79 Å². The number of halogens is 2. The van der Waals surface area contributed by atoms with E-state index in [0.29, 0.717) is 15.7 Å². The number of rotatable bonds is 3. The number of amides is 1. The van der Waals surface area contributed by atoms with Crippen LogP contribution in [0.5, 0.6) is 0 Å². The molecule has 0 aliphatic carbocycles. The zero-order chi connectivity index (χ0) is 17.0. The molecule has 0 saturated carbocycles. The maximum Gasteiger partial charge on any atom is 0.248 e. The Balaban J connectivity index is 2.03. The van der Waals surface area contributed by atoms with Crippen LogP contribution in [-0.2, 0) is 10.2 Å². The van der Waals surface area contributed by atoms with Gasteiger partial charge in [0.05, 0.1) is 10.7 Å². The number of nitrogens with one attached hydrogen (secondary N) is 1. The molecule has 1 amide bonds. The quantitative estimate of drug-likeness (QED) is 0.683. The molecule has 0 heterocycles. The van der Waals surface area contributed by atoms with Gasteiger partial charge in [-0.3, -0.25) is 4.79 Å². The van der Waals surface area contributed by atoms with Crippen LogP contribution in [0.3, 0.4) is 0 Å². The first-order chi connectivity index (χ1) is 10.8. The molecule has 0 spiro atoms. The lowest BCUT2D eigenvalue weighted by molar-refractivity contribution is -0.111. The molecular formula is C19H19Cl2NO. The predicted molar refractivity (Wildman–Crippen MR) is 99.3 cm³/mol. The summed E-state index contributed by atoms with van der Waals surface area (Å²) in [6.45, 7) is 6.50. The Morgan fingerprint density at radius 2 is 1.70 bits per heavy atom. The number of carbonyl (C=O) groups is 1. The smallest absolute Gasteiger partial charge is 0.248 e. The van der Waals surface area contributed by atoms with Gasteiger partial charge in [0.15, 0.2) is 0 Å². The number of hydrogen-bond donors (Lipinski definition) is 1. The lowest BCUT2D eigenvalue weighted by atomic mass is 9.87. The SMILES string of the molecule is CC(C)(C)c1ccc(/C=C/C(=O)Nc2ccc(Cl)cc2Cl)cc1. The first-order valence-corrected chi connectivity index (χ1v) is 8.06. The molecule has 23 heavy (non-hydrogen) atoms. The zero-order valence-corrected chi connectivity index (χ0v) is 14.9. The lowest BCUT2D eigenvalue weighted by Crippen LogP contribution is -2.10. The van der Waals surface area contributed by atoms with Crippen molar-refractivity contribution in [2.75, 3.05) is 5.32 Å². The molecule has 120 valence electrons. The van der Waals surface area contributed by atoms with Gasteiger partial charge in [-0.05, 0) is 40.8 Å². The van der Waals surface area contributed by atoms with E-state index in [1.54, 1.807) is 24.3 Å². The Labute approximate surface area is 147 Å². The van der Waals surface area contributed by atoms with Crippen LogP contribution in [0.25, 0.3) is 6.08 Å². The van der Waals surface area contributed by atoms with Gasteiger partial charge < -0.3 is 5.32 Å². The van der Waals surface area contributed by atoms with Crippen molar-refractivity contribution in [1.82, 2.24) is 0 Å². The highest BCUT2D eigenvalue weighted by atomic mass is 35.5. The molecule has 0 unspecified atom stereocenters. The van der Waals surface area contributed by atoms with Gasteiger partial charge in [-0.2, -0.15) is 0 Å². The fourth-order valence-corrected chi connectivity index (χ4v) is 2.49. The van der Waals surface area contributed by atoms with Crippen molar-refractivity contribution in [3.63, 3.8) is 0 Å². The first-order valence-electron chi connectivity index (χ1n) is 7.30. The van der Waals surface area contributed by atoms with Gasteiger partial charge in [0, 0.05) is 11.1 Å². The van der Waals surface area contributed by atoms with Crippen molar-refractivity contribution in [3.8, 4) is 0 Å².